The summed E-state index contributed by atoms with van der Waals surface area (Å²) in [6.07, 6.45) is 1.44. The number of aliphatic carboxylic acids is 1. The molecule has 22 heavy (non-hydrogen) atoms. The van der Waals surface area contributed by atoms with Crippen molar-refractivity contribution in [2.75, 3.05) is 18.4 Å². The van der Waals surface area contributed by atoms with Gasteiger partial charge in [0, 0.05) is 5.69 Å². The average Bonchev–Trinajstić information content (AvgIpc) is 2.89. The van der Waals surface area contributed by atoms with Crippen molar-refractivity contribution >= 4 is 17.6 Å². The number of amides is 1. The minimum Gasteiger partial charge on any atom is -0.480 e. The summed E-state index contributed by atoms with van der Waals surface area (Å²) in [6, 6.07) is 5.44. The Kier molecular flexibility index (Phi) is 5.19. The molecule has 1 atom stereocenters. The van der Waals surface area contributed by atoms with E-state index < -0.39 is 12.0 Å². The second-order valence-corrected chi connectivity index (χ2v) is 6.21. The molecule has 1 saturated heterocycles. The predicted molar refractivity (Wildman–Crippen MR) is 86.1 cm³/mol. The molecule has 5 heteroatoms. The standard InChI is InChI=1S/C17H24N2O3/c1-11(2)13-7-4-6-12(3)16(13)18-15(20)10-19-9-5-8-14(19)17(21)22/h4,6-7,11,14H,5,8-10H2,1-3H3,(H,18,20)(H,21,22)/t14-/m0/s1. The van der Waals surface area contributed by atoms with E-state index in [9.17, 15) is 14.7 Å². The molecule has 0 radical (unpaired) electrons. The highest BCUT2D eigenvalue weighted by Gasteiger charge is 2.31. The maximum atomic E-state index is 12.3. The van der Waals surface area contributed by atoms with Gasteiger partial charge in [0.15, 0.2) is 0 Å². The SMILES string of the molecule is Cc1cccc(C(C)C)c1NC(=O)CN1CCC[C@H]1C(=O)O. The lowest BCUT2D eigenvalue weighted by molar-refractivity contribution is -0.142. The molecule has 1 aromatic carbocycles. The molecule has 0 aliphatic carbocycles. The fourth-order valence-corrected chi connectivity index (χ4v) is 3.00. The molecular formula is C17H24N2O3. The summed E-state index contributed by atoms with van der Waals surface area (Å²) in [7, 11) is 0. The third-order valence-electron chi connectivity index (χ3n) is 4.19. The van der Waals surface area contributed by atoms with E-state index in [1.807, 2.05) is 25.1 Å². The number of anilines is 1. The molecule has 0 aromatic heterocycles. The maximum Gasteiger partial charge on any atom is 0.320 e. The number of aryl methyl sites for hydroxylation is 1. The first-order valence-electron chi connectivity index (χ1n) is 7.76. The number of rotatable bonds is 5. The zero-order valence-corrected chi connectivity index (χ0v) is 13.4. The molecule has 1 amide bonds. The first-order valence-corrected chi connectivity index (χ1v) is 7.76. The van der Waals surface area contributed by atoms with E-state index in [1.54, 1.807) is 4.90 Å². The van der Waals surface area contributed by atoms with Crippen LogP contribution >= 0.6 is 0 Å². The fraction of sp³-hybridized carbons (Fsp3) is 0.529. The van der Waals surface area contributed by atoms with E-state index >= 15 is 0 Å². The van der Waals surface area contributed by atoms with Gasteiger partial charge in [-0.3, -0.25) is 14.5 Å². The molecule has 1 aromatic rings. The van der Waals surface area contributed by atoms with Crippen molar-refractivity contribution in [3.05, 3.63) is 29.3 Å². The minimum atomic E-state index is -0.843. The Morgan fingerprint density at radius 1 is 1.41 bits per heavy atom. The van der Waals surface area contributed by atoms with Crippen LogP contribution in [0, 0.1) is 6.92 Å². The molecule has 0 bridgehead atoms. The molecule has 2 rings (SSSR count). The van der Waals surface area contributed by atoms with Crippen molar-refractivity contribution in [2.45, 2.75) is 45.6 Å². The van der Waals surface area contributed by atoms with Gasteiger partial charge in [-0.05, 0) is 43.4 Å². The number of para-hydroxylation sites is 1. The normalized spacial score (nSPS) is 18.6. The van der Waals surface area contributed by atoms with Gasteiger partial charge in [0.1, 0.15) is 6.04 Å². The van der Waals surface area contributed by atoms with Crippen LogP contribution in [0.3, 0.4) is 0 Å². The number of hydrogen-bond acceptors (Lipinski definition) is 3. The fourth-order valence-electron chi connectivity index (χ4n) is 3.00. The number of hydrogen-bond donors (Lipinski definition) is 2. The lowest BCUT2D eigenvalue weighted by Crippen LogP contribution is -2.41. The molecular weight excluding hydrogens is 280 g/mol. The van der Waals surface area contributed by atoms with Gasteiger partial charge in [-0.15, -0.1) is 0 Å². The number of benzene rings is 1. The minimum absolute atomic E-state index is 0.128. The Labute approximate surface area is 131 Å². The van der Waals surface area contributed by atoms with Crippen LogP contribution in [0.2, 0.25) is 0 Å². The summed E-state index contributed by atoms with van der Waals surface area (Å²) in [5.41, 5.74) is 2.98. The largest absolute Gasteiger partial charge is 0.480 e. The zero-order valence-electron chi connectivity index (χ0n) is 13.4. The highest BCUT2D eigenvalue weighted by molar-refractivity contribution is 5.94. The highest BCUT2D eigenvalue weighted by atomic mass is 16.4. The van der Waals surface area contributed by atoms with E-state index in [-0.39, 0.29) is 12.5 Å². The van der Waals surface area contributed by atoms with Crippen LogP contribution in [0.1, 0.15) is 43.7 Å². The lowest BCUT2D eigenvalue weighted by atomic mass is 9.98. The number of carbonyl (C=O) groups excluding carboxylic acids is 1. The molecule has 120 valence electrons. The molecule has 1 heterocycles. The molecule has 0 unspecified atom stereocenters. The van der Waals surface area contributed by atoms with Crippen LogP contribution in [0.4, 0.5) is 5.69 Å². The van der Waals surface area contributed by atoms with Crippen LogP contribution in [0.15, 0.2) is 18.2 Å². The van der Waals surface area contributed by atoms with Crippen LogP contribution in [-0.4, -0.2) is 41.0 Å². The van der Waals surface area contributed by atoms with Crippen molar-refractivity contribution in [1.82, 2.24) is 4.90 Å². The van der Waals surface area contributed by atoms with E-state index in [1.165, 1.54) is 0 Å². The summed E-state index contributed by atoms with van der Waals surface area (Å²) in [4.78, 5) is 25.2. The van der Waals surface area contributed by atoms with Crippen molar-refractivity contribution in [1.29, 1.82) is 0 Å². The van der Waals surface area contributed by atoms with Gasteiger partial charge in [0.2, 0.25) is 5.91 Å². The first-order chi connectivity index (χ1) is 10.4. The van der Waals surface area contributed by atoms with Gasteiger partial charge >= 0.3 is 5.97 Å². The summed E-state index contributed by atoms with van der Waals surface area (Å²) >= 11 is 0. The molecule has 1 fully saturated rings. The van der Waals surface area contributed by atoms with E-state index in [0.717, 1.165) is 23.2 Å². The third-order valence-corrected chi connectivity index (χ3v) is 4.19. The van der Waals surface area contributed by atoms with Crippen molar-refractivity contribution in [3.63, 3.8) is 0 Å². The van der Waals surface area contributed by atoms with Gasteiger partial charge in [-0.1, -0.05) is 32.0 Å². The van der Waals surface area contributed by atoms with Crippen molar-refractivity contribution in [2.24, 2.45) is 0 Å². The molecule has 0 spiro atoms. The Balaban J connectivity index is 2.08. The van der Waals surface area contributed by atoms with Crippen LogP contribution in [-0.2, 0) is 9.59 Å². The third kappa shape index (κ3) is 3.65. The van der Waals surface area contributed by atoms with E-state index in [2.05, 4.69) is 19.2 Å². The number of carboxylic acid groups (broad SMARTS) is 1. The zero-order chi connectivity index (χ0) is 16.3. The first kappa shape index (κ1) is 16.5. The van der Waals surface area contributed by atoms with Crippen LogP contribution < -0.4 is 5.32 Å². The smallest absolute Gasteiger partial charge is 0.320 e. The van der Waals surface area contributed by atoms with Gasteiger partial charge in [0.25, 0.3) is 0 Å². The van der Waals surface area contributed by atoms with Crippen molar-refractivity contribution in [3.8, 4) is 0 Å². The molecule has 5 nitrogen and oxygen atoms in total. The van der Waals surface area contributed by atoms with Crippen LogP contribution in [0.25, 0.3) is 0 Å². The predicted octanol–water partition coefficient (Wildman–Crippen LogP) is 2.61. The molecule has 1 aliphatic heterocycles. The topological polar surface area (TPSA) is 69.6 Å². The van der Waals surface area contributed by atoms with E-state index in [0.29, 0.717) is 18.9 Å². The number of nitrogens with one attached hydrogen (secondary N) is 1. The quantitative estimate of drug-likeness (QED) is 0.877. The van der Waals surface area contributed by atoms with E-state index in [4.69, 9.17) is 0 Å². The summed E-state index contributed by atoms with van der Waals surface area (Å²) in [5, 5.41) is 12.1. The number of carbonyl (C=O) groups is 2. The number of likely N-dealkylation sites (tertiary alicyclic amines) is 1. The summed E-state index contributed by atoms with van der Waals surface area (Å²) in [5.74, 6) is -0.679. The second-order valence-electron chi connectivity index (χ2n) is 6.21. The Hall–Kier alpha value is -1.88. The van der Waals surface area contributed by atoms with Gasteiger partial charge < -0.3 is 10.4 Å². The average molecular weight is 304 g/mol. The number of carboxylic acids is 1. The Bertz CT molecular complexity index is 569. The highest BCUT2D eigenvalue weighted by Crippen LogP contribution is 2.27. The van der Waals surface area contributed by atoms with Gasteiger partial charge in [0.05, 0.1) is 6.54 Å². The lowest BCUT2D eigenvalue weighted by Gasteiger charge is -2.22. The maximum absolute atomic E-state index is 12.3. The van der Waals surface area contributed by atoms with Gasteiger partial charge in [-0.2, -0.15) is 0 Å². The summed E-state index contributed by atoms with van der Waals surface area (Å²) in [6.45, 7) is 6.94. The molecule has 0 saturated carbocycles. The Morgan fingerprint density at radius 2 is 2.14 bits per heavy atom. The monoisotopic (exact) mass is 304 g/mol. The Morgan fingerprint density at radius 3 is 2.77 bits per heavy atom. The van der Waals surface area contributed by atoms with Crippen LogP contribution in [0.5, 0.6) is 0 Å². The van der Waals surface area contributed by atoms with Crippen molar-refractivity contribution < 1.29 is 14.7 Å². The molecule has 1 aliphatic rings. The molecule has 2 N–H and O–H groups in total. The van der Waals surface area contributed by atoms with Gasteiger partial charge in [-0.25, -0.2) is 0 Å². The second kappa shape index (κ2) is 6.92. The number of nitrogens with zero attached hydrogens (tertiary/aromatic N) is 1. The summed E-state index contributed by atoms with van der Waals surface area (Å²) < 4.78 is 0.